The lowest BCUT2D eigenvalue weighted by Crippen LogP contribution is -2.10. The van der Waals surface area contributed by atoms with E-state index in [9.17, 15) is 0 Å². The Hall–Kier alpha value is -1.08. The summed E-state index contributed by atoms with van der Waals surface area (Å²) in [6, 6.07) is 10.3. The summed E-state index contributed by atoms with van der Waals surface area (Å²) in [7, 11) is 0. The molecule has 20 heavy (non-hydrogen) atoms. The molecule has 0 heterocycles. The second kappa shape index (κ2) is 20.2. The number of rotatable bonds is 0. The molecule has 1 aromatic carbocycles. The van der Waals surface area contributed by atoms with E-state index >= 15 is 0 Å². The molecule has 0 amide bonds. The summed E-state index contributed by atoms with van der Waals surface area (Å²) in [6.45, 7) is 22.8. The lowest BCUT2D eigenvalue weighted by atomic mass is 10.2. The number of aliphatic hydroxyl groups is 1. The highest BCUT2D eigenvalue weighted by Crippen LogP contribution is 1.93. The van der Waals surface area contributed by atoms with Crippen LogP contribution in [0, 0.1) is 6.92 Å². The Morgan fingerprint density at radius 3 is 1.20 bits per heavy atom. The fourth-order valence-corrected chi connectivity index (χ4v) is 0.534. The average molecular weight is 283 g/mol. The van der Waals surface area contributed by atoms with Gasteiger partial charge >= 0.3 is 0 Å². The maximum atomic E-state index is 8.52. The van der Waals surface area contributed by atoms with E-state index in [4.69, 9.17) is 5.11 Å². The number of benzene rings is 1. The third-order valence-electron chi connectivity index (χ3n) is 0.940. The maximum Gasteiger partial charge on any atom is 0.0563 e. The molecule has 0 atom stereocenters. The quantitative estimate of drug-likeness (QED) is 0.545. The highest BCUT2D eigenvalue weighted by atomic mass is 16.3. The summed E-state index contributed by atoms with van der Waals surface area (Å²) in [6.07, 6.45) is 0. The highest BCUT2D eigenvalue weighted by Gasteiger charge is 1.97. The molecule has 120 valence electrons. The minimum Gasteiger partial charge on any atom is -0.391 e. The lowest BCUT2D eigenvalue weighted by Gasteiger charge is -2.04. The van der Waals surface area contributed by atoms with Crippen molar-refractivity contribution in [3.05, 3.63) is 48.0 Å². The fraction of sp³-hybridized carbons (Fsp3) is 0.579. The molecule has 0 radical (unpaired) electrons. The Balaban J connectivity index is -0.0000000883. The van der Waals surface area contributed by atoms with Crippen LogP contribution < -0.4 is 0 Å². The molecule has 0 aromatic heterocycles. The largest absolute Gasteiger partial charge is 0.391 e. The van der Waals surface area contributed by atoms with Crippen LogP contribution in [0.3, 0.4) is 0 Å². The summed E-state index contributed by atoms with van der Waals surface area (Å²) in [5, 5.41) is 8.52. The molecule has 1 heteroatoms. The SMILES string of the molecule is C=C(C)C.CC.CC.CC(C)(C)O.Cc1ccccc1. The molecular weight excluding hydrogens is 244 g/mol. The van der Waals surface area contributed by atoms with E-state index in [1.165, 1.54) is 11.1 Å². The van der Waals surface area contributed by atoms with E-state index in [-0.39, 0.29) is 0 Å². The molecule has 1 aromatic rings. The van der Waals surface area contributed by atoms with Gasteiger partial charge in [-0.1, -0.05) is 69.2 Å². The van der Waals surface area contributed by atoms with Gasteiger partial charge in [-0.3, -0.25) is 0 Å². The van der Waals surface area contributed by atoms with Gasteiger partial charge in [0.05, 0.1) is 5.60 Å². The van der Waals surface area contributed by atoms with Crippen LogP contribution in [-0.2, 0) is 0 Å². The average Bonchev–Trinajstić information content (AvgIpc) is 2.32. The standard InChI is InChI=1S/C7H8.C4H10O.C4H8.2C2H6/c1-7-5-3-2-4-6-7;1-4(2,3)5;1-4(2)3;2*1-2/h2-6H,1H3;5H,1-3H3;1H2,2-3H3;2*1-2H3. The predicted molar refractivity (Wildman–Crippen MR) is 96.3 cm³/mol. The van der Waals surface area contributed by atoms with Crippen LogP contribution in [0.5, 0.6) is 0 Å². The molecule has 1 rings (SSSR count). The minimum absolute atomic E-state index is 0.500. The first kappa shape index (κ1) is 27.3. The van der Waals surface area contributed by atoms with Crippen LogP contribution in [0.2, 0.25) is 0 Å². The van der Waals surface area contributed by atoms with Gasteiger partial charge in [-0.2, -0.15) is 0 Å². The maximum absolute atomic E-state index is 8.52. The lowest BCUT2D eigenvalue weighted by molar-refractivity contribution is 0.102. The van der Waals surface area contributed by atoms with Gasteiger partial charge < -0.3 is 5.11 Å². The second-order valence-electron chi connectivity index (χ2n) is 5.03. The molecule has 0 aliphatic carbocycles. The van der Waals surface area contributed by atoms with Crippen molar-refractivity contribution in [2.24, 2.45) is 0 Å². The molecule has 1 N–H and O–H groups in total. The molecule has 0 aliphatic heterocycles. The third-order valence-corrected chi connectivity index (χ3v) is 0.940. The number of hydrogen-bond acceptors (Lipinski definition) is 1. The Labute approximate surface area is 128 Å². The first-order valence-electron chi connectivity index (χ1n) is 7.49. The number of allylic oxidation sites excluding steroid dienone is 1. The van der Waals surface area contributed by atoms with Crippen molar-refractivity contribution in [3.63, 3.8) is 0 Å². The monoisotopic (exact) mass is 282 g/mol. The van der Waals surface area contributed by atoms with E-state index in [1.54, 1.807) is 20.8 Å². The topological polar surface area (TPSA) is 20.2 Å². The van der Waals surface area contributed by atoms with E-state index in [1.807, 2.05) is 59.7 Å². The van der Waals surface area contributed by atoms with Crippen LogP contribution in [0.25, 0.3) is 0 Å². The Bertz CT molecular complexity index is 258. The van der Waals surface area contributed by atoms with Crippen LogP contribution in [0.1, 0.15) is 67.9 Å². The van der Waals surface area contributed by atoms with Gasteiger partial charge in [0.2, 0.25) is 0 Å². The van der Waals surface area contributed by atoms with Crippen LogP contribution in [0.15, 0.2) is 42.5 Å². The van der Waals surface area contributed by atoms with Gasteiger partial charge in [0.25, 0.3) is 0 Å². The van der Waals surface area contributed by atoms with Gasteiger partial charge in [0.1, 0.15) is 0 Å². The summed E-state index contributed by atoms with van der Waals surface area (Å²) in [5.41, 5.74) is 1.99. The molecule has 0 spiro atoms. The second-order valence-corrected chi connectivity index (χ2v) is 5.03. The summed E-state index contributed by atoms with van der Waals surface area (Å²) in [5.74, 6) is 0. The van der Waals surface area contributed by atoms with Crippen molar-refractivity contribution in [1.29, 1.82) is 0 Å². The summed E-state index contributed by atoms with van der Waals surface area (Å²) >= 11 is 0. The molecular formula is C19H38O. The van der Waals surface area contributed by atoms with Crippen LogP contribution >= 0.6 is 0 Å². The molecule has 0 aliphatic rings. The van der Waals surface area contributed by atoms with Crippen molar-refractivity contribution in [2.45, 2.75) is 74.8 Å². The summed E-state index contributed by atoms with van der Waals surface area (Å²) < 4.78 is 0. The van der Waals surface area contributed by atoms with E-state index in [0.29, 0.717) is 0 Å². The zero-order valence-electron chi connectivity index (χ0n) is 15.5. The Morgan fingerprint density at radius 2 is 1.10 bits per heavy atom. The van der Waals surface area contributed by atoms with E-state index in [2.05, 4.69) is 25.6 Å². The van der Waals surface area contributed by atoms with Gasteiger partial charge in [-0.25, -0.2) is 0 Å². The Kier molecular flexibility index (Phi) is 27.6. The van der Waals surface area contributed by atoms with Crippen LogP contribution in [0.4, 0.5) is 0 Å². The molecule has 0 fully saturated rings. The molecule has 0 saturated heterocycles. The van der Waals surface area contributed by atoms with Gasteiger partial charge in [0, 0.05) is 0 Å². The van der Waals surface area contributed by atoms with Crippen molar-refractivity contribution < 1.29 is 5.11 Å². The van der Waals surface area contributed by atoms with Crippen molar-refractivity contribution in [2.75, 3.05) is 0 Å². The van der Waals surface area contributed by atoms with E-state index < -0.39 is 5.60 Å². The smallest absolute Gasteiger partial charge is 0.0563 e. The third kappa shape index (κ3) is 89.6. The highest BCUT2D eigenvalue weighted by molar-refractivity contribution is 5.11. The van der Waals surface area contributed by atoms with Crippen LogP contribution in [-0.4, -0.2) is 10.7 Å². The first-order valence-corrected chi connectivity index (χ1v) is 7.49. The van der Waals surface area contributed by atoms with Crippen molar-refractivity contribution in [1.82, 2.24) is 0 Å². The number of aryl methyl sites for hydroxylation is 1. The minimum atomic E-state index is -0.500. The summed E-state index contributed by atoms with van der Waals surface area (Å²) in [4.78, 5) is 0. The zero-order valence-corrected chi connectivity index (χ0v) is 15.5. The first-order chi connectivity index (χ1) is 9.13. The van der Waals surface area contributed by atoms with Gasteiger partial charge in [-0.15, -0.1) is 6.58 Å². The van der Waals surface area contributed by atoms with Crippen molar-refractivity contribution in [3.8, 4) is 0 Å². The molecule has 0 bridgehead atoms. The van der Waals surface area contributed by atoms with E-state index in [0.717, 1.165) is 0 Å². The number of hydrogen-bond donors (Lipinski definition) is 1. The molecule has 0 saturated carbocycles. The Morgan fingerprint density at radius 1 is 0.900 bits per heavy atom. The molecule has 1 nitrogen and oxygen atoms in total. The fourth-order valence-electron chi connectivity index (χ4n) is 0.534. The predicted octanol–water partition coefficient (Wildman–Crippen LogP) is 6.41. The molecule has 0 unspecified atom stereocenters. The van der Waals surface area contributed by atoms with Crippen molar-refractivity contribution >= 4 is 0 Å². The normalized spacial score (nSPS) is 7.95. The van der Waals surface area contributed by atoms with Gasteiger partial charge in [0.15, 0.2) is 0 Å². The zero-order chi connectivity index (χ0) is 17.2. The van der Waals surface area contributed by atoms with Gasteiger partial charge in [-0.05, 0) is 41.5 Å².